The van der Waals surface area contributed by atoms with Crippen molar-refractivity contribution in [3.05, 3.63) is 34.9 Å². The van der Waals surface area contributed by atoms with Crippen LogP contribution in [0.1, 0.15) is 19.2 Å². The zero-order valence-corrected chi connectivity index (χ0v) is 10.8. The smallest absolute Gasteiger partial charge is 0.264 e. The van der Waals surface area contributed by atoms with Crippen LogP contribution in [0.4, 0.5) is 22.0 Å². The van der Waals surface area contributed by atoms with E-state index in [9.17, 15) is 22.0 Å². The number of nitrogens with zero attached hydrogens (tertiary/aromatic N) is 2. The summed E-state index contributed by atoms with van der Waals surface area (Å²) >= 11 is 0. The maximum Gasteiger partial charge on any atom is 0.264 e. The zero-order valence-electron chi connectivity index (χ0n) is 10.8. The number of rotatable bonds is 4. The molecule has 21 heavy (non-hydrogen) atoms. The predicted octanol–water partition coefficient (Wildman–Crippen LogP) is 2.71. The van der Waals surface area contributed by atoms with Gasteiger partial charge in [0.15, 0.2) is 29.1 Å². The average molecular weight is 307 g/mol. The largest absolute Gasteiger partial charge is 0.334 e. The Morgan fingerprint density at radius 2 is 1.52 bits per heavy atom. The van der Waals surface area contributed by atoms with E-state index in [-0.39, 0.29) is 18.3 Å². The second-order valence-corrected chi connectivity index (χ2v) is 4.33. The average Bonchev–Trinajstić information content (AvgIpc) is 2.91. The fraction of sp³-hybridized carbons (Fsp3) is 0.333. The SMILES string of the molecule is CCC(N)Cc1noc(-c2c(F)c(F)c(F)c(F)c2F)n1. The van der Waals surface area contributed by atoms with E-state index >= 15 is 0 Å². The van der Waals surface area contributed by atoms with Crippen molar-refractivity contribution in [3.63, 3.8) is 0 Å². The zero-order chi connectivity index (χ0) is 15.7. The summed E-state index contributed by atoms with van der Waals surface area (Å²) in [4.78, 5) is 3.61. The molecule has 2 N–H and O–H groups in total. The lowest BCUT2D eigenvalue weighted by atomic mass is 10.1. The molecular weight excluding hydrogens is 297 g/mol. The van der Waals surface area contributed by atoms with Crippen LogP contribution in [-0.2, 0) is 6.42 Å². The first kappa shape index (κ1) is 15.4. The highest BCUT2D eigenvalue weighted by Gasteiger charge is 2.29. The number of hydrogen-bond acceptors (Lipinski definition) is 4. The van der Waals surface area contributed by atoms with Gasteiger partial charge in [-0.25, -0.2) is 22.0 Å². The molecule has 2 rings (SSSR count). The van der Waals surface area contributed by atoms with E-state index < -0.39 is 40.5 Å². The maximum absolute atomic E-state index is 13.6. The normalized spacial score (nSPS) is 12.7. The van der Waals surface area contributed by atoms with Crippen LogP contribution in [0.5, 0.6) is 0 Å². The van der Waals surface area contributed by atoms with Crippen LogP contribution < -0.4 is 5.73 Å². The highest BCUT2D eigenvalue weighted by molar-refractivity contribution is 5.55. The summed E-state index contributed by atoms with van der Waals surface area (Å²) in [7, 11) is 0. The summed E-state index contributed by atoms with van der Waals surface area (Å²) in [5.74, 6) is -11.2. The molecular formula is C12H10F5N3O. The Balaban J connectivity index is 2.48. The third-order valence-corrected chi connectivity index (χ3v) is 2.86. The van der Waals surface area contributed by atoms with E-state index in [0.29, 0.717) is 6.42 Å². The second kappa shape index (κ2) is 5.76. The summed E-state index contributed by atoms with van der Waals surface area (Å²) in [6, 6.07) is -0.313. The highest BCUT2D eigenvalue weighted by atomic mass is 19.2. The molecule has 0 aliphatic carbocycles. The van der Waals surface area contributed by atoms with Crippen LogP contribution in [0.25, 0.3) is 11.5 Å². The minimum absolute atomic E-state index is 0.0169. The van der Waals surface area contributed by atoms with E-state index in [0.717, 1.165) is 0 Å². The van der Waals surface area contributed by atoms with Gasteiger partial charge in [-0.3, -0.25) is 0 Å². The van der Waals surface area contributed by atoms with Gasteiger partial charge < -0.3 is 10.3 Å². The standard InChI is InChI=1S/C12H10F5N3O/c1-2-4(18)3-5-19-12(21-20-5)6-7(13)9(15)11(17)10(16)8(6)14/h4H,2-3,18H2,1H3. The Labute approximate surface area is 115 Å². The summed E-state index contributed by atoms with van der Waals surface area (Å²) < 4.78 is 70.8. The molecule has 0 amide bonds. The molecule has 0 aliphatic rings. The van der Waals surface area contributed by atoms with E-state index in [1.165, 1.54) is 0 Å². The van der Waals surface area contributed by atoms with Gasteiger partial charge >= 0.3 is 0 Å². The number of hydrogen-bond donors (Lipinski definition) is 1. The summed E-state index contributed by atoms with van der Waals surface area (Å²) in [5, 5.41) is 3.41. The number of benzene rings is 1. The van der Waals surface area contributed by atoms with Crippen molar-refractivity contribution in [3.8, 4) is 11.5 Å². The number of nitrogens with two attached hydrogens (primary N) is 1. The van der Waals surface area contributed by atoms with Crippen molar-refractivity contribution in [2.45, 2.75) is 25.8 Å². The minimum Gasteiger partial charge on any atom is -0.334 e. The summed E-state index contributed by atoms with van der Waals surface area (Å²) in [6.07, 6.45) is 0.738. The van der Waals surface area contributed by atoms with Gasteiger partial charge in [-0.05, 0) is 6.42 Å². The molecule has 4 nitrogen and oxygen atoms in total. The third kappa shape index (κ3) is 2.73. The minimum atomic E-state index is -2.25. The quantitative estimate of drug-likeness (QED) is 0.536. The van der Waals surface area contributed by atoms with Crippen molar-refractivity contribution in [1.29, 1.82) is 0 Å². The topological polar surface area (TPSA) is 64.9 Å². The fourth-order valence-corrected chi connectivity index (χ4v) is 1.61. The van der Waals surface area contributed by atoms with Gasteiger partial charge in [-0.15, -0.1) is 0 Å². The molecule has 114 valence electrons. The van der Waals surface area contributed by atoms with E-state index in [1.807, 2.05) is 0 Å². The molecule has 1 aromatic carbocycles. The monoisotopic (exact) mass is 307 g/mol. The van der Waals surface area contributed by atoms with E-state index in [1.54, 1.807) is 6.92 Å². The van der Waals surface area contributed by atoms with Crippen LogP contribution in [0.2, 0.25) is 0 Å². The van der Waals surface area contributed by atoms with E-state index in [2.05, 4.69) is 14.7 Å². The van der Waals surface area contributed by atoms with Gasteiger partial charge in [0.1, 0.15) is 5.56 Å². The van der Waals surface area contributed by atoms with Crippen molar-refractivity contribution in [1.82, 2.24) is 10.1 Å². The summed E-state index contributed by atoms with van der Waals surface area (Å²) in [5.41, 5.74) is 4.39. The molecule has 0 saturated heterocycles. The van der Waals surface area contributed by atoms with Gasteiger partial charge in [0, 0.05) is 12.5 Å². The van der Waals surface area contributed by atoms with E-state index in [4.69, 9.17) is 5.73 Å². The van der Waals surface area contributed by atoms with Gasteiger partial charge in [0.05, 0.1) is 0 Å². The molecule has 0 aliphatic heterocycles. The third-order valence-electron chi connectivity index (χ3n) is 2.86. The van der Waals surface area contributed by atoms with Crippen LogP contribution >= 0.6 is 0 Å². The molecule has 9 heteroatoms. The predicted molar refractivity (Wildman–Crippen MR) is 61.5 cm³/mol. The molecule has 1 aromatic heterocycles. The molecule has 1 heterocycles. The maximum atomic E-state index is 13.6. The van der Waals surface area contributed by atoms with Crippen LogP contribution in [0.15, 0.2) is 4.52 Å². The second-order valence-electron chi connectivity index (χ2n) is 4.33. The molecule has 1 unspecified atom stereocenters. The van der Waals surface area contributed by atoms with Crippen LogP contribution in [0.3, 0.4) is 0 Å². The molecule has 1 atom stereocenters. The van der Waals surface area contributed by atoms with Crippen molar-refractivity contribution < 1.29 is 26.5 Å². The lowest BCUT2D eigenvalue weighted by Crippen LogP contribution is -2.21. The lowest BCUT2D eigenvalue weighted by Gasteiger charge is -2.04. The molecule has 0 radical (unpaired) electrons. The van der Waals surface area contributed by atoms with Crippen molar-refractivity contribution >= 4 is 0 Å². The van der Waals surface area contributed by atoms with Crippen LogP contribution in [0, 0.1) is 29.1 Å². The molecule has 2 aromatic rings. The first-order valence-corrected chi connectivity index (χ1v) is 5.96. The molecule has 0 saturated carbocycles. The highest BCUT2D eigenvalue weighted by Crippen LogP contribution is 2.30. The van der Waals surface area contributed by atoms with Gasteiger partial charge in [-0.1, -0.05) is 12.1 Å². The molecule has 0 fully saturated rings. The van der Waals surface area contributed by atoms with Gasteiger partial charge in [-0.2, -0.15) is 4.98 Å². The summed E-state index contributed by atoms with van der Waals surface area (Å²) in [6.45, 7) is 1.80. The Hall–Kier alpha value is -2.03. The lowest BCUT2D eigenvalue weighted by molar-refractivity contribution is 0.371. The van der Waals surface area contributed by atoms with Crippen LogP contribution in [-0.4, -0.2) is 16.2 Å². The Morgan fingerprint density at radius 3 is 2.05 bits per heavy atom. The van der Waals surface area contributed by atoms with Crippen molar-refractivity contribution in [2.75, 3.05) is 0 Å². The molecule has 0 bridgehead atoms. The number of halogens is 5. The molecule has 0 spiro atoms. The van der Waals surface area contributed by atoms with Crippen molar-refractivity contribution in [2.24, 2.45) is 5.73 Å². The number of aromatic nitrogens is 2. The fourth-order valence-electron chi connectivity index (χ4n) is 1.61. The van der Waals surface area contributed by atoms with Gasteiger partial charge in [0.2, 0.25) is 5.82 Å². The Kier molecular flexibility index (Phi) is 4.21. The first-order valence-electron chi connectivity index (χ1n) is 5.96. The Bertz CT molecular complexity index is 644. The first-order chi connectivity index (χ1) is 9.86. The Morgan fingerprint density at radius 1 is 1.00 bits per heavy atom. The van der Waals surface area contributed by atoms with Gasteiger partial charge in [0.25, 0.3) is 5.89 Å².